The van der Waals surface area contributed by atoms with Crippen LogP contribution >= 0.6 is 15.9 Å². The van der Waals surface area contributed by atoms with Crippen LogP contribution in [0, 0.1) is 5.82 Å². The molecule has 0 atom stereocenters. The second-order valence-electron chi connectivity index (χ2n) is 5.33. The fraction of sp³-hybridized carbons (Fsp3) is 0. The summed E-state index contributed by atoms with van der Waals surface area (Å²) in [5.41, 5.74) is 0.632. The molecule has 1 aromatic heterocycles. The first-order valence-electron chi connectivity index (χ1n) is 7.62. The summed E-state index contributed by atoms with van der Waals surface area (Å²) in [6.45, 7) is 0. The predicted octanol–water partition coefficient (Wildman–Crippen LogP) is 4.49. The van der Waals surface area contributed by atoms with Gasteiger partial charge in [-0.3, -0.25) is 9.59 Å². The number of carbonyl (C=O) groups is 2. The summed E-state index contributed by atoms with van der Waals surface area (Å²) in [6.07, 6.45) is 1.57. The van der Waals surface area contributed by atoms with Crippen LogP contribution in [0.4, 0.5) is 15.9 Å². The molecule has 130 valence electrons. The smallest absolute Gasteiger partial charge is 0.258 e. The summed E-state index contributed by atoms with van der Waals surface area (Å²) < 4.78 is 14.4. The van der Waals surface area contributed by atoms with Gasteiger partial charge in [-0.1, -0.05) is 28.1 Å². The minimum absolute atomic E-state index is 0.0865. The largest absolute Gasteiger partial charge is 0.322 e. The van der Waals surface area contributed by atoms with E-state index in [1.165, 1.54) is 18.2 Å². The number of anilines is 2. The number of nitrogens with one attached hydrogen (secondary N) is 2. The van der Waals surface area contributed by atoms with Crippen molar-refractivity contribution in [2.75, 3.05) is 10.6 Å². The van der Waals surface area contributed by atoms with E-state index in [9.17, 15) is 14.0 Å². The molecule has 0 saturated carbocycles. The number of nitrogens with zero attached hydrogens (tertiary/aromatic N) is 1. The van der Waals surface area contributed by atoms with E-state index in [1.807, 2.05) is 0 Å². The van der Waals surface area contributed by atoms with E-state index in [0.717, 1.165) is 0 Å². The zero-order chi connectivity index (χ0) is 18.5. The highest BCUT2D eigenvalue weighted by Gasteiger charge is 2.13. The molecule has 0 saturated heterocycles. The Morgan fingerprint density at radius 3 is 2.50 bits per heavy atom. The third-order valence-corrected chi connectivity index (χ3v) is 3.96. The van der Waals surface area contributed by atoms with Crippen molar-refractivity contribution in [3.05, 3.63) is 88.3 Å². The van der Waals surface area contributed by atoms with E-state index in [2.05, 4.69) is 31.5 Å². The van der Waals surface area contributed by atoms with Crippen molar-refractivity contribution >= 4 is 39.2 Å². The SMILES string of the molecule is O=C(Nc1ccccn1)c1cccc(NC(=O)c2ccc(Br)cc2F)c1. The zero-order valence-electron chi connectivity index (χ0n) is 13.4. The van der Waals surface area contributed by atoms with Gasteiger partial charge in [-0.25, -0.2) is 9.37 Å². The maximum atomic E-state index is 13.9. The Kier molecular flexibility index (Phi) is 5.38. The van der Waals surface area contributed by atoms with Crippen LogP contribution in [-0.4, -0.2) is 16.8 Å². The molecule has 1 heterocycles. The molecule has 2 amide bonds. The fourth-order valence-electron chi connectivity index (χ4n) is 2.24. The molecule has 0 aliphatic carbocycles. The molecule has 0 fully saturated rings. The number of rotatable bonds is 4. The Morgan fingerprint density at radius 2 is 1.77 bits per heavy atom. The fourth-order valence-corrected chi connectivity index (χ4v) is 2.57. The van der Waals surface area contributed by atoms with Crippen molar-refractivity contribution in [2.45, 2.75) is 0 Å². The molecule has 0 bridgehead atoms. The van der Waals surface area contributed by atoms with Crippen molar-refractivity contribution in [1.82, 2.24) is 4.98 Å². The van der Waals surface area contributed by atoms with Gasteiger partial charge >= 0.3 is 0 Å². The molecule has 7 heteroatoms. The van der Waals surface area contributed by atoms with Crippen molar-refractivity contribution in [3.8, 4) is 0 Å². The third kappa shape index (κ3) is 4.31. The summed E-state index contributed by atoms with van der Waals surface area (Å²) >= 11 is 3.14. The van der Waals surface area contributed by atoms with E-state index < -0.39 is 11.7 Å². The average Bonchev–Trinajstić information content (AvgIpc) is 2.62. The molecule has 5 nitrogen and oxygen atoms in total. The molecule has 2 aromatic carbocycles. The number of benzene rings is 2. The zero-order valence-corrected chi connectivity index (χ0v) is 15.0. The number of carbonyl (C=O) groups excluding carboxylic acids is 2. The normalized spacial score (nSPS) is 10.2. The second-order valence-corrected chi connectivity index (χ2v) is 6.24. The van der Waals surface area contributed by atoms with Gasteiger partial charge in [0.05, 0.1) is 5.56 Å². The van der Waals surface area contributed by atoms with Gasteiger partial charge < -0.3 is 10.6 Å². The first-order valence-corrected chi connectivity index (χ1v) is 8.41. The summed E-state index contributed by atoms with van der Waals surface area (Å²) in [7, 11) is 0. The van der Waals surface area contributed by atoms with Gasteiger partial charge in [-0.2, -0.15) is 0 Å². The Hall–Kier alpha value is -3.06. The van der Waals surface area contributed by atoms with Crippen molar-refractivity contribution in [3.63, 3.8) is 0 Å². The lowest BCUT2D eigenvalue weighted by atomic mass is 10.1. The maximum absolute atomic E-state index is 13.9. The van der Waals surface area contributed by atoms with Crippen LogP contribution in [0.25, 0.3) is 0 Å². The van der Waals surface area contributed by atoms with Crippen molar-refractivity contribution in [1.29, 1.82) is 0 Å². The molecular formula is C19H13BrFN3O2. The molecule has 0 spiro atoms. The molecule has 3 aromatic rings. The molecule has 3 rings (SSSR count). The van der Waals surface area contributed by atoms with Crippen LogP contribution in [0.3, 0.4) is 0 Å². The first-order chi connectivity index (χ1) is 12.5. The van der Waals surface area contributed by atoms with Gasteiger partial charge in [0.15, 0.2) is 0 Å². The number of hydrogen-bond donors (Lipinski definition) is 2. The van der Waals surface area contributed by atoms with Crippen LogP contribution < -0.4 is 10.6 Å². The van der Waals surface area contributed by atoms with E-state index in [1.54, 1.807) is 48.7 Å². The maximum Gasteiger partial charge on any atom is 0.258 e. The Bertz CT molecular complexity index is 964. The molecule has 0 radical (unpaired) electrons. The van der Waals surface area contributed by atoms with Gasteiger partial charge in [0.25, 0.3) is 11.8 Å². The van der Waals surface area contributed by atoms with Crippen LogP contribution in [0.1, 0.15) is 20.7 Å². The van der Waals surface area contributed by atoms with Gasteiger partial charge in [0.2, 0.25) is 0 Å². The monoisotopic (exact) mass is 413 g/mol. The topological polar surface area (TPSA) is 71.1 Å². The average molecular weight is 414 g/mol. The minimum Gasteiger partial charge on any atom is -0.322 e. The molecular weight excluding hydrogens is 401 g/mol. The summed E-state index contributed by atoms with van der Waals surface area (Å²) in [5, 5.41) is 5.25. The highest BCUT2D eigenvalue weighted by Crippen LogP contribution is 2.18. The van der Waals surface area contributed by atoms with Gasteiger partial charge in [0.1, 0.15) is 11.6 Å². The molecule has 0 aliphatic rings. The molecule has 26 heavy (non-hydrogen) atoms. The van der Waals surface area contributed by atoms with Crippen LogP contribution in [0.15, 0.2) is 71.3 Å². The number of halogens is 2. The van der Waals surface area contributed by atoms with E-state index in [4.69, 9.17) is 0 Å². The Morgan fingerprint density at radius 1 is 0.923 bits per heavy atom. The van der Waals surface area contributed by atoms with Gasteiger partial charge in [-0.15, -0.1) is 0 Å². The van der Waals surface area contributed by atoms with E-state index in [-0.39, 0.29) is 11.5 Å². The lowest BCUT2D eigenvalue weighted by Gasteiger charge is -2.09. The number of amides is 2. The Balaban J connectivity index is 1.74. The lowest BCUT2D eigenvalue weighted by molar-refractivity contribution is 0.101. The minimum atomic E-state index is -0.638. The third-order valence-electron chi connectivity index (χ3n) is 3.46. The van der Waals surface area contributed by atoms with Gasteiger partial charge in [-0.05, 0) is 48.5 Å². The van der Waals surface area contributed by atoms with Crippen molar-refractivity contribution in [2.24, 2.45) is 0 Å². The summed E-state index contributed by atoms with van der Waals surface area (Å²) in [6, 6.07) is 15.7. The standard InChI is InChI=1S/C19H13BrFN3O2/c20-13-7-8-15(16(21)11-13)19(26)23-14-5-3-4-12(10-14)18(25)24-17-6-1-2-9-22-17/h1-11H,(H,23,26)(H,22,24,25). The predicted molar refractivity (Wildman–Crippen MR) is 101 cm³/mol. The van der Waals surface area contributed by atoms with E-state index in [0.29, 0.717) is 21.5 Å². The number of hydrogen-bond acceptors (Lipinski definition) is 3. The highest BCUT2D eigenvalue weighted by molar-refractivity contribution is 9.10. The number of aromatic nitrogens is 1. The Labute approximate surface area is 157 Å². The molecule has 0 aliphatic heterocycles. The lowest BCUT2D eigenvalue weighted by Crippen LogP contribution is -2.16. The number of pyridine rings is 1. The second kappa shape index (κ2) is 7.88. The van der Waals surface area contributed by atoms with E-state index >= 15 is 0 Å². The van der Waals surface area contributed by atoms with Crippen molar-refractivity contribution < 1.29 is 14.0 Å². The summed E-state index contributed by atoms with van der Waals surface area (Å²) in [5.74, 6) is -1.18. The summed E-state index contributed by atoms with van der Waals surface area (Å²) in [4.78, 5) is 28.6. The quantitative estimate of drug-likeness (QED) is 0.661. The highest BCUT2D eigenvalue weighted by atomic mass is 79.9. The van der Waals surface area contributed by atoms with Crippen LogP contribution in [-0.2, 0) is 0 Å². The van der Waals surface area contributed by atoms with Crippen LogP contribution in [0.5, 0.6) is 0 Å². The van der Waals surface area contributed by atoms with Gasteiger partial charge in [0, 0.05) is 21.9 Å². The first kappa shape index (κ1) is 17.8. The molecule has 0 unspecified atom stereocenters. The van der Waals surface area contributed by atoms with Crippen LogP contribution in [0.2, 0.25) is 0 Å². The molecule has 2 N–H and O–H groups in total.